The van der Waals surface area contributed by atoms with Crippen molar-refractivity contribution in [3.8, 4) is 0 Å². The largest absolute Gasteiger partial charge is 0.481 e. The van der Waals surface area contributed by atoms with Crippen LogP contribution in [0.3, 0.4) is 0 Å². The van der Waals surface area contributed by atoms with Crippen molar-refractivity contribution in [2.45, 2.75) is 39.5 Å². The molecule has 0 fully saturated rings. The van der Waals surface area contributed by atoms with Crippen molar-refractivity contribution in [2.24, 2.45) is 0 Å². The molecule has 0 saturated heterocycles. The molecule has 1 aromatic carbocycles. The van der Waals surface area contributed by atoms with Crippen molar-refractivity contribution >= 4 is 17.6 Å². The molecule has 102 valence electrons. The topological polar surface area (TPSA) is 57.6 Å². The first kappa shape index (κ1) is 13.6. The highest BCUT2D eigenvalue weighted by molar-refractivity contribution is 5.95. The summed E-state index contributed by atoms with van der Waals surface area (Å²) >= 11 is 0. The van der Waals surface area contributed by atoms with E-state index in [1.807, 2.05) is 26.0 Å². The van der Waals surface area contributed by atoms with Gasteiger partial charge in [-0.15, -0.1) is 0 Å². The van der Waals surface area contributed by atoms with Gasteiger partial charge in [-0.2, -0.15) is 0 Å². The Kier molecular flexibility index (Phi) is 3.60. The Morgan fingerprint density at radius 2 is 2.00 bits per heavy atom. The summed E-state index contributed by atoms with van der Waals surface area (Å²) in [4.78, 5) is 25.0. The van der Waals surface area contributed by atoms with Gasteiger partial charge in [-0.1, -0.05) is 12.1 Å². The van der Waals surface area contributed by atoms with Gasteiger partial charge in [0.15, 0.2) is 0 Å². The van der Waals surface area contributed by atoms with E-state index in [4.69, 9.17) is 0 Å². The average molecular weight is 261 g/mol. The maximum atomic E-state index is 11.8. The van der Waals surface area contributed by atoms with Crippen LogP contribution >= 0.6 is 0 Å². The zero-order valence-electron chi connectivity index (χ0n) is 11.6. The van der Waals surface area contributed by atoms with Gasteiger partial charge >= 0.3 is 5.97 Å². The first-order valence-corrected chi connectivity index (χ1v) is 6.54. The summed E-state index contributed by atoms with van der Waals surface area (Å²) in [6.07, 6.45) is 1.29. The lowest BCUT2D eigenvalue weighted by Gasteiger charge is -2.25. The molecular weight excluding hydrogens is 242 g/mol. The monoisotopic (exact) mass is 261 g/mol. The molecule has 1 unspecified atom stereocenters. The van der Waals surface area contributed by atoms with Crippen molar-refractivity contribution < 1.29 is 14.7 Å². The fraction of sp³-hybridized carbons (Fsp3) is 0.467. The van der Waals surface area contributed by atoms with Gasteiger partial charge in [0.25, 0.3) is 0 Å². The van der Waals surface area contributed by atoms with Crippen LogP contribution in [0.15, 0.2) is 12.1 Å². The van der Waals surface area contributed by atoms with Crippen molar-refractivity contribution in [1.29, 1.82) is 0 Å². The summed E-state index contributed by atoms with van der Waals surface area (Å²) in [7, 11) is 0. The standard InChI is InChI=1S/C15H19NO3/c1-9-6-7-12-13(15(18)19)5-4-8-16(11(3)17)14(12)10(9)2/h6-7,13H,4-5,8H2,1-3H3,(H,18,19). The molecule has 2 rings (SSSR count). The summed E-state index contributed by atoms with van der Waals surface area (Å²) in [5, 5.41) is 9.39. The molecule has 1 amide bonds. The predicted octanol–water partition coefficient (Wildman–Crippen LogP) is 2.62. The smallest absolute Gasteiger partial charge is 0.311 e. The number of hydrogen-bond acceptors (Lipinski definition) is 2. The Hall–Kier alpha value is -1.84. The lowest BCUT2D eigenvalue weighted by molar-refractivity contribution is -0.139. The van der Waals surface area contributed by atoms with Crippen LogP contribution in [0.25, 0.3) is 0 Å². The third kappa shape index (κ3) is 2.35. The van der Waals surface area contributed by atoms with E-state index in [1.165, 1.54) is 6.92 Å². The maximum Gasteiger partial charge on any atom is 0.311 e. The van der Waals surface area contributed by atoms with E-state index in [1.54, 1.807) is 4.90 Å². The van der Waals surface area contributed by atoms with Crippen LogP contribution in [0.2, 0.25) is 0 Å². The highest BCUT2D eigenvalue weighted by atomic mass is 16.4. The Morgan fingerprint density at radius 3 is 2.58 bits per heavy atom. The van der Waals surface area contributed by atoms with Crippen molar-refractivity contribution in [3.05, 3.63) is 28.8 Å². The Balaban J connectivity index is 2.67. The number of hydrogen-bond donors (Lipinski definition) is 1. The van der Waals surface area contributed by atoms with E-state index in [9.17, 15) is 14.7 Å². The zero-order valence-corrected chi connectivity index (χ0v) is 11.6. The maximum absolute atomic E-state index is 11.8. The molecule has 0 spiro atoms. The van der Waals surface area contributed by atoms with Gasteiger partial charge in [-0.25, -0.2) is 0 Å². The molecule has 4 heteroatoms. The molecule has 0 saturated carbocycles. The minimum atomic E-state index is -0.810. The normalized spacial score (nSPS) is 18.7. The van der Waals surface area contributed by atoms with Gasteiger partial charge in [-0.05, 0) is 43.4 Å². The van der Waals surface area contributed by atoms with Gasteiger partial charge < -0.3 is 10.0 Å². The number of benzene rings is 1. The summed E-state index contributed by atoms with van der Waals surface area (Å²) in [6.45, 7) is 6.06. The summed E-state index contributed by atoms with van der Waals surface area (Å²) in [5.74, 6) is -1.35. The summed E-state index contributed by atoms with van der Waals surface area (Å²) < 4.78 is 0. The predicted molar refractivity (Wildman–Crippen MR) is 73.6 cm³/mol. The number of rotatable bonds is 1. The molecule has 0 aliphatic carbocycles. The third-order valence-electron chi connectivity index (χ3n) is 3.93. The quantitative estimate of drug-likeness (QED) is 0.845. The van der Waals surface area contributed by atoms with E-state index >= 15 is 0 Å². The van der Waals surface area contributed by atoms with Gasteiger partial charge in [0.05, 0.1) is 11.6 Å². The van der Waals surface area contributed by atoms with Gasteiger partial charge in [0, 0.05) is 13.5 Å². The molecule has 0 bridgehead atoms. The Bertz CT molecular complexity index is 536. The van der Waals surface area contributed by atoms with Crippen LogP contribution in [-0.2, 0) is 9.59 Å². The number of anilines is 1. The lowest BCUT2D eigenvalue weighted by atomic mass is 9.91. The first-order chi connectivity index (χ1) is 8.93. The van der Waals surface area contributed by atoms with E-state index in [0.29, 0.717) is 19.4 Å². The van der Waals surface area contributed by atoms with Crippen LogP contribution in [-0.4, -0.2) is 23.5 Å². The van der Waals surface area contributed by atoms with Gasteiger partial charge in [0.1, 0.15) is 0 Å². The van der Waals surface area contributed by atoms with Crippen LogP contribution in [0.1, 0.15) is 42.4 Å². The minimum absolute atomic E-state index is 0.0269. The number of carbonyl (C=O) groups excluding carboxylic acids is 1. The number of nitrogens with zero attached hydrogens (tertiary/aromatic N) is 1. The molecule has 0 aromatic heterocycles. The minimum Gasteiger partial charge on any atom is -0.481 e. The number of aryl methyl sites for hydroxylation is 1. The van der Waals surface area contributed by atoms with Crippen molar-refractivity contribution in [3.63, 3.8) is 0 Å². The molecule has 1 heterocycles. The SMILES string of the molecule is CC(=O)N1CCCC(C(=O)O)c2ccc(C)c(C)c21. The highest BCUT2D eigenvalue weighted by Gasteiger charge is 2.30. The number of aliphatic carboxylic acids is 1. The number of amides is 1. The Morgan fingerprint density at radius 1 is 1.32 bits per heavy atom. The number of fused-ring (bicyclic) bond motifs is 1. The van der Waals surface area contributed by atoms with Crippen molar-refractivity contribution in [2.75, 3.05) is 11.4 Å². The van der Waals surface area contributed by atoms with Gasteiger partial charge in [0.2, 0.25) is 5.91 Å². The summed E-state index contributed by atoms with van der Waals surface area (Å²) in [5.41, 5.74) is 3.65. The number of carboxylic acids is 1. The third-order valence-corrected chi connectivity index (χ3v) is 3.93. The molecule has 1 aliphatic rings. The fourth-order valence-electron chi connectivity index (χ4n) is 2.75. The van der Waals surface area contributed by atoms with Gasteiger partial charge in [-0.3, -0.25) is 9.59 Å². The van der Waals surface area contributed by atoms with Crippen LogP contribution in [0.5, 0.6) is 0 Å². The van der Waals surface area contributed by atoms with Crippen LogP contribution in [0.4, 0.5) is 5.69 Å². The first-order valence-electron chi connectivity index (χ1n) is 6.54. The number of carboxylic acid groups (broad SMARTS) is 1. The highest BCUT2D eigenvalue weighted by Crippen LogP contribution is 2.38. The molecule has 1 atom stereocenters. The second-order valence-corrected chi connectivity index (χ2v) is 5.15. The van der Waals surface area contributed by atoms with Crippen LogP contribution in [0, 0.1) is 13.8 Å². The molecule has 1 aliphatic heterocycles. The molecule has 1 aromatic rings. The molecule has 19 heavy (non-hydrogen) atoms. The lowest BCUT2D eigenvalue weighted by Crippen LogP contribution is -2.30. The zero-order chi connectivity index (χ0) is 14.2. The fourth-order valence-corrected chi connectivity index (χ4v) is 2.75. The van der Waals surface area contributed by atoms with E-state index in [2.05, 4.69) is 0 Å². The molecule has 1 N–H and O–H groups in total. The van der Waals surface area contributed by atoms with Crippen molar-refractivity contribution in [1.82, 2.24) is 0 Å². The molecular formula is C15H19NO3. The van der Waals surface area contributed by atoms with E-state index in [-0.39, 0.29) is 5.91 Å². The Labute approximate surface area is 113 Å². The molecule has 0 radical (unpaired) electrons. The summed E-state index contributed by atoms with van der Waals surface area (Å²) in [6, 6.07) is 3.80. The van der Waals surface area contributed by atoms with Crippen LogP contribution < -0.4 is 4.90 Å². The second-order valence-electron chi connectivity index (χ2n) is 5.15. The molecule has 4 nitrogen and oxygen atoms in total. The van der Waals surface area contributed by atoms with E-state index < -0.39 is 11.9 Å². The number of carbonyl (C=O) groups is 2. The second kappa shape index (κ2) is 5.03. The van der Waals surface area contributed by atoms with E-state index in [0.717, 1.165) is 22.4 Å². The average Bonchev–Trinajstić information content (AvgIpc) is 2.53.